The smallest absolute Gasteiger partial charge is 0.394 e. The minimum Gasteiger partial charge on any atom is -0.394 e. The highest BCUT2D eigenvalue weighted by Gasteiger charge is 2.45. The summed E-state index contributed by atoms with van der Waals surface area (Å²) in [6.45, 7) is 0.0383. The Morgan fingerprint density at radius 3 is 1.64 bits per heavy atom. The molecule has 0 amide bonds. The molecule has 0 unspecified atom stereocenters. The second-order valence-corrected chi connectivity index (χ2v) is 1.70. The Hall–Kier alpha value is -0.880. The van der Waals surface area contributed by atoms with Gasteiger partial charge < -0.3 is 4.74 Å². The maximum atomic E-state index is 11.6. The summed E-state index contributed by atoms with van der Waals surface area (Å²) in [5.74, 6) is -2.90. The Bertz CT molecular complexity index is 155. The van der Waals surface area contributed by atoms with E-state index in [0.717, 1.165) is 0 Å². The molecule has 11 heavy (non-hydrogen) atoms. The molecule has 0 aromatic carbocycles. The first-order valence-corrected chi connectivity index (χ1v) is 2.31. The van der Waals surface area contributed by atoms with Crippen LogP contribution in [0.3, 0.4) is 0 Å². The highest BCUT2D eigenvalue weighted by atomic mass is 19.4. The van der Waals surface area contributed by atoms with Crippen LogP contribution in [0.5, 0.6) is 0 Å². The summed E-state index contributed by atoms with van der Waals surface area (Å²) >= 11 is 0. The fourth-order valence-corrected chi connectivity index (χ4v) is 0.221. The van der Waals surface area contributed by atoms with Gasteiger partial charge in [-0.25, -0.2) is 4.79 Å². The predicted octanol–water partition coefficient (Wildman–Crippen LogP) is 1.70. The maximum Gasteiger partial charge on any atom is 0.491 e. The lowest BCUT2D eigenvalue weighted by Crippen LogP contribution is -2.31. The molecule has 0 radical (unpaired) electrons. The number of alkyl halides is 5. The Morgan fingerprint density at radius 2 is 1.55 bits per heavy atom. The zero-order valence-corrected chi connectivity index (χ0v) is 5.21. The van der Waals surface area contributed by atoms with Gasteiger partial charge >= 0.3 is 18.3 Å². The van der Waals surface area contributed by atoms with Gasteiger partial charge in [-0.1, -0.05) is 0 Å². The third-order valence-corrected chi connectivity index (χ3v) is 0.503. The van der Waals surface area contributed by atoms with Crippen LogP contribution in [-0.4, -0.2) is 18.3 Å². The number of carbonyl (C=O) groups excluding carboxylic acids is 1. The molecule has 0 rings (SSSR count). The monoisotopic (exact) mass is 178 g/mol. The molecule has 2 nitrogen and oxygen atoms in total. The van der Waals surface area contributed by atoms with E-state index >= 15 is 0 Å². The second-order valence-electron chi connectivity index (χ2n) is 1.70. The molecule has 0 heterocycles. The highest BCUT2D eigenvalue weighted by Crippen LogP contribution is 2.22. The van der Waals surface area contributed by atoms with Crippen molar-refractivity contribution in [2.24, 2.45) is 0 Å². The van der Waals surface area contributed by atoms with E-state index in [1.807, 2.05) is 0 Å². The van der Waals surface area contributed by atoms with Crippen molar-refractivity contribution in [3.63, 3.8) is 0 Å². The van der Waals surface area contributed by atoms with E-state index in [4.69, 9.17) is 0 Å². The molecule has 66 valence electrons. The summed E-state index contributed by atoms with van der Waals surface area (Å²) in [6.07, 6.45) is -9.47. The Labute approximate surface area is 57.9 Å². The van der Waals surface area contributed by atoms with E-state index in [2.05, 4.69) is 4.74 Å². The molecule has 0 atom stereocenters. The van der Waals surface area contributed by atoms with Crippen LogP contribution in [0.4, 0.5) is 22.0 Å². The number of hydrogen-bond acceptors (Lipinski definition) is 2. The van der Waals surface area contributed by atoms with E-state index in [9.17, 15) is 26.7 Å². The van der Waals surface area contributed by atoms with Gasteiger partial charge in [-0.2, -0.15) is 22.0 Å². The number of esters is 1. The van der Waals surface area contributed by atoms with Gasteiger partial charge in [-0.3, -0.25) is 0 Å². The first kappa shape index (κ1) is 10.1. The Morgan fingerprint density at radius 1 is 1.18 bits per heavy atom. The lowest BCUT2D eigenvalue weighted by molar-refractivity contribution is -0.257. The molecule has 0 N–H and O–H groups in total. The highest BCUT2D eigenvalue weighted by molar-refractivity contribution is 5.75. The van der Waals surface area contributed by atoms with Gasteiger partial charge in [0.25, 0.3) is 0 Å². The zero-order valence-electron chi connectivity index (χ0n) is 5.21. The Balaban J connectivity index is 4.11. The maximum absolute atomic E-state index is 11.6. The molecular formula is C4H3F5O2. The van der Waals surface area contributed by atoms with E-state index in [1.165, 1.54) is 0 Å². The molecule has 0 aliphatic heterocycles. The summed E-state index contributed by atoms with van der Waals surface area (Å²) in [5, 5.41) is 0. The van der Waals surface area contributed by atoms with Crippen molar-refractivity contribution in [2.45, 2.75) is 19.2 Å². The van der Waals surface area contributed by atoms with Crippen molar-refractivity contribution in [2.75, 3.05) is 0 Å². The van der Waals surface area contributed by atoms with Crippen molar-refractivity contribution < 1.29 is 31.5 Å². The van der Waals surface area contributed by atoms with E-state index in [0.29, 0.717) is 0 Å². The third-order valence-electron chi connectivity index (χ3n) is 0.503. The quantitative estimate of drug-likeness (QED) is 0.451. The molecular weight excluding hydrogens is 175 g/mol. The summed E-state index contributed by atoms with van der Waals surface area (Å²) < 4.78 is 59.3. The Kier molecular flexibility index (Phi) is 2.42. The van der Waals surface area contributed by atoms with Crippen molar-refractivity contribution in [1.82, 2.24) is 0 Å². The number of hydrogen-bond donors (Lipinski definition) is 0. The lowest BCUT2D eigenvalue weighted by atomic mass is 10.6. The third kappa shape index (κ3) is 4.51. The van der Waals surface area contributed by atoms with Gasteiger partial charge in [0.05, 0.1) is 0 Å². The van der Waals surface area contributed by atoms with Crippen molar-refractivity contribution in [3.05, 3.63) is 0 Å². The molecule has 0 aliphatic rings. The number of rotatable bonds is 1. The topological polar surface area (TPSA) is 26.3 Å². The minimum absolute atomic E-state index is 0.0383. The summed E-state index contributed by atoms with van der Waals surface area (Å²) in [6, 6.07) is 0. The van der Waals surface area contributed by atoms with Crippen molar-refractivity contribution >= 4 is 5.97 Å². The van der Waals surface area contributed by atoms with E-state index < -0.39 is 18.3 Å². The minimum atomic E-state index is -5.38. The molecule has 7 heteroatoms. The molecule has 0 aromatic rings. The molecule has 0 aliphatic carbocycles. The first-order valence-electron chi connectivity index (χ1n) is 2.31. The largest absolute Gasteiger partial charge is 0.491 e. The van der Waals surface area contributed by atoms with Crippen molar-refractivity contribution in [1.29, 1.82) is 0 Å². The van der Waals surface area contributed by atoms with Crippen LogP contribution in [0.15, 0.2) is 0 Å². The van der Waals surface area contributed by atoms with Gasteiger partial charge in [0.1, 0.15) is 0 Å². The molecule has 0 bridgehead atoms. The molecule has 0 saturated carbocycles. The van der Waals surface area contributed by atoms with Gasteiger partial charge in [0.15, 0.2) is 0 Å². The number of ether oxygens (including phenoxy) is 1. The zero-order chi connectivity index (χ0) is 9.28. The van der Waals surface area contributed by atoms with Crippen LogP contribution in [0.2, 0.25) is 0 Å². The van der Waals surface area contributed by atoms with Gasteiger partial charge in [-0.05, 0) is 0 Å². The first-order chi connectivity index (χ1) is 4.63. The van der Waals surface area contributed by atoms with Gasteiger partial charge in [0, 0.05) is 6.92 Å². The number of halogens is 5. The molecule has 0 saturated heterocycles. The van der Waals surface area contributed by atoms with Crippen LogP contribution >= 0.6 is 0 Å². The summed E-state index contributed by atoms with van der Waals surface area (Å²) in [7, 11) is 0. The van der Waals surface area contributed by atoms with Crippen LogP contribution in [0, 0.1) is 0 Å². The average molecular weight is 178 g/mol. The second kappa shape index (κ2) is 2.63. The molecule has 0 spiro atoms. The van der Waals surface area contributed by atoms with E-state index in [-0.39, 0.29) is 6.92 Å². The van der Waals surface area contributed by atoms with Crippen molar-refractivity contribution in [3.8, 4) is 0 Å². The van der Waals surface area contributed by atoms with Crippen LogP contribution in [-0.2, 0) is 9.53 Å². The van der Waals surface area contributed by atoms with Crippen LogP contribution in [0.1, 0.15) is 6.92 Å². The van der Waals surface area contributed by atoms with E-state index in [1.54, 1.807) is 0 Å². The normalized spacial score (nSPS) is 12.9. The predicted molar refractivity (Wildman–Crippen MR) is 22.8 cm³/mol. The fraction of sp³-hybridized carbons (Fsp3) is 0.750. The summed E-state index contributed by atoms with van der Waals surface area (Å²) in [4.78, 5) is 9.65. The lowest BCUT2D eigenvalue weighted by Gasteiger charge is -2.12. The number of carbonyl (C=O) groups is 1. The standard InChI is InChI=1S/C4H3F5O2/c1-3(5,6)11-2(10)4(7,8)9/h1H3. The van der Waals surface area contributed by atoms with Gasteiger partial charge in [-0.15, -0.1) is 0 Å². The molecule has 0 fully saturated rings. The van der Waals surface area contributed by atoms with Crippen LogP contribution < -0.4 is 0 Å². The van der Waals surface area contributed by atoms with Crippen LogP contribution in [0.25, 0.3) is 0 Å². The fourth-order valence-electron chi connectivity index (χ4n) is 0.221. The van der Waals surface area contributed by atoms with Gasteiger partial charge in [0.2, 0.25) is 0 Å². The SMILES string of the molecule is CC(F)(F)OC(=O)C(F)(F)F. The summed E-state index contributed by atoms with van der Waals surface area (Å²) in [5.41, 5.74) is 0. The average Bonchev–Trinajstić information content (AvgIpc) is 1.56. The molecule has 0 aromatic heterocycles.